The lowest BCUT2D eigenvalue weighted by atomic mass is 10.1. The Morgan fingerprint density at radius 2 is 1.74 bits per heavy atom. The van der Waals surface area contributed by atoms with Gasteiger partial charge in [-0.2, -0.15) is 0 Å². The molecule has 27 heavy (non-hydrogen) atoms. The SMILES string of the molecule is O=C(CN1CCN(C(=O)c2cccnc2)CC1)c1ccc2c(c1)OCCO2. The Balaban J connectivity index is 1.32. The van der Waals surface area contributed by atoms with Gasteiger partial charge in [0, 0.05) is 44.1 Å². The van der Waals surface area contributed by atoms with Crippen LogP contribution in [0.25, 0.3) is 0 Å². The van der Waals surface area contributed by atoms with Gasteiger partial charge in [0.2, 0.25) is 0 Å². The van der Waals surface area contributed by atoms with Crippen molar-refractivity contribution >= 4 is 11.7 Å². The van der Waals surface area contributed by atoms with Crippen molar-refractivity contribution in [2.45, 2.75) is 0 Å². The molecule has 7 heteroatoms. The number of ether oxygens (including phenoxy) is 2. The minimum absolute atomic E-state index is 0.0130. The van der Waals surface area contributed by atoms with Crippen LogP contribution in [0.1, 0.15) is 20.7 Å². The molecular weight excluding hydrogens is 346 g/mol. The van der Waals surface area contributed by atoms with Crippen molar-refractivity contribution in [3.8, 4) is 11.5 Å². The molecule has 1 saturated heterocycles. The lowest BCUT2D eigenvalue weighted by Gasteiger charge is -2.34. The summed E-state index contributed by atoms with van der Waals surface area (Å²) in [4.78, 5) is 33.0. The molecule has 4 rings (SSSR count). The lowest BCUT2D eigenvalue weighted by molar-refractivity contribution is 0.0624. The molecule has 1 aromatic heterocycles. The van der Waals surface area contributed by atoms with Gasteiger partial charge in [0.1, 0.15) is 13.2 Å². The highest BCUT2D eigenvalue weighted by Gasteiger charge is 2.24. The predicted molar refractivity (Wildman–Crippen MR) is 98.3 cm³/mol. The maximum Gasteiger partial charge on any atom is 0.255 e. The fourth-order valence-electron chi connectivity index (χ4n) is 3.29. The first-order valence-corrected chi connectivity index (χ1v) is 9.05. The largest absolute Gasteiger partial charge is 0.486 e. The number of fused-ring (bicyclic) bond motifs is 1. The van der Waals surface area contributed by atoms with Gasteiger partial charge in [-0.25, -0.2) is 0 Å². The van der Waals surface area contributed by atoms with Crippen LogP contribution in [-0.2, 0) is 0 Å². The van der Waals surface area contributed by atoms with Crippen LogP contribution >= 0.6 is 0 Å². The standard InChI is InChI=1S/C20H21N3O4/c24-17(15-3-4-18-19(12-15)27-11-10-26-18)14-22-6-8-23(9-7-22)20(25)16-2-1-5-21-13-16/h1-5,12-13H,6-11,14H2. The van der Waals surface area contributed by atoms with Crippen LogP contribution in [0.2, 0.25) is 0 Å². The average Bonchev–Trinajstić information content (AvgIpc) is 2.74. The molecular formula is C20H21N3O4. The molecule has 0 spiro atoms. The number of carbonyl (C=O) groups is 2. The fourth-order valence-corrected chi connectivity index (χ4v) is 3.29. The number of pyridine rings is 1. The molecule has 1 aromatic carbocycles. The lowest BCUT2D eigenvalue weighted by Crippen LogP contribution is -2.49. The van der Waals surface area contributed by atoms with E-state index in [0.29, 0.717) is 68.6 Å². The van der Waals surface area contributed by atoms with E-state index in [-0.39, 0.29) is 11.7 Å². The highest BCUT2D eigenvalue weighted by atomic mass is 16.6. The Morgan fingerprint density at radius 3 is 2.48 bits per heavy atom. The second-order valence-corrected chi connectivity index (χ2v) is 6.59. The second-order valence-electron chi connectivity index (χ2n) is 6.59. The van der Waals surface area contributed by atoms with Gasteiger partial charge in [-0.05, 0) is 30.3 Å². The van der Waals surface area contributed by atoms with Gasteiger partial charge in [0.25, 0.3) is 5.91 Å². The zero-order chi connectivity index (χ0) is 18.6. The summed E-state index contributed by atoms with van der Waals surface area (Å²) < 4.78 is 11.0. The summed E-state index contributed by atoms with van der Waals surface area (Å²) >= 11 is 0. The summed E-state index contributed by atoms with van der Waals surface area (Å²) in [5.41, 5.74) is 1.21. The first-order valence-electron chi connectivity index (χ1n) is 9.05. The fraction of sp³-hybridized carbons (Fsp3) is 0.350. The van der Waals surface area contributed by atoms with Crippen molar-refractivity contribution in [2.75, 3.05) is 45.9 Å². The van der Waals surface area contributed by atoms with Crippen molar-refractivity contribution in [1.29, 1.82) is 0 Å². The van der Waals surface area contributed by atoms with E-state index in [9.17, 15) is 9.59 Å². The normalized spacial score (nSPS) is 16.8. The number of hydrogen-bond donors (Lipinski definition) is 0. The highest BCUT2D eigenvalue weighted by Crippen LogP contribution is 2.30. The third kappa shape index (κ3) is 3.93. The molecule has 0 radical (unpaired) electrons. The Kier molecular flexibility index (Phi) is 5.02. The summed E-state index contributed by atoms with van der Waals surface area (Å²) in [6, 6.07) is 8.84. The topological polar surface area (TPSA) is 72.0 Å². The minimum atomic E-state index is -0.0130. The summed E-state index contributed by atoms with van der Waals surface area (Å²) in [5.74, 6) is 1.33. The molecule has 0 bridgehead atoms. The molecule has 1 amide bonds. The van der Waals surface area contributed by atoms with E-state index in [2.05, 4.69) is 9.88 Å². The van der Waals surface area contributed by atoms with Gasteiger partial charge >= 0.3 is 0 Å². The van der Waals surface area contributed by atoms with E-state index < -0.39 is 0 Å². The van der Waals surface area contributed by atoms with E-state index in [4.69, 9.17) is 9.47 Å². The number of hydrogen-bond acceptors (Lipinski definition) is 6. The highest BCUT2D eigenvalue weighted by molar-refractivity contribution is 5.98. The molecule has 0 saturated carbocycles. The molecule has 2 aliphatic rings. The van der Waals surface area contributed by atoms with Crippen molar-refractivity contribution in [2.24, 2.45) is 0 Å². The van der Waals surface area contributed by atoms with Crippen molar-refractivity contribution in [3.05, 3.63) is 53.9 Å². The van der Waals surface area contributed by atoms with Crippen LogP contribution in [0.3, 0.4) is 0 Å². The average molecular weight is 367 g/mol. The van der Waals surface area contributed by atoms with Gasteiger partial charge in [0.05, 0.1) is 12.1 Å². The maximum absolute atomic E-state index is 12.6. The Bertz CT molecular complexity index is 832. The van der Waals surface area contributed by atoms with E-state index in [1.165, 1.54) is 0 Å². The molecule has 7 nitrogen and oxygen atoms in total. The molecule has 140 valence electrons. The number of ketones is 1. The first kappa shape index (κ1) is 17.5. The molecule has 2 aromatic rings. The smallest absolute Gasteiger partial charge is 0.255 e. The zero-order valence-electron chi connectivity index (χ0n) is 15.0. The van der Waals surface area contributed by atoms with E-state index in [1.54, 1.807) is 42.7 Å². The summed E-state index contributed by atoms with van der Waals surface area (Å²) in [6.07, 6.45) is 3.23. The van der Waals surface area contributed by atoms with Crippen LogP contribution in [0.4, 0.5) is 0 Å². The van der Waals surface area contributed by atoms with E-state index in [1.807, 2.05) is 4.90 Å². The number of Topliss-reactive ketones (excluding diaryl/α,β-unsaturated/α-hetero) is 1. The number of aromatic nitrogens is 1. The van der Waals surface area contributed by atoms with E-state index >= 15 is 0 Å². The third-order valence-corrected chi connectivity index (χ3v) is 4.80. The quantitative estimate of drug-likeness (QED) is 0.763. The zero-order valence-corrected chi connectivity index (χ0v) is 15.0. The van der Waals surface area contributed by atoms with Gasteiger partial charge < -0.3 is 14.4 Å². The van der Waals surface area contributed by atoms with Gasteiger partial charge in [-0.1, -0.05) is 0 Å². The maximum atomic E-state index is 12.6. The molecule has 2 aliphatic heterocycles. The second kappa shape index (κ2) is 7.75. The predicted octanol–water partition coefficient (Wildman–Crippen LogP) is 1.49. The number of carbonyl (C=O) groups excluding carboxylic acids is 2. The van der Waals surface area contributed by atoms with Crippen molar-refractivity contribution in [1.82, 2.24) is 14.8 Å². The Hall–Kier alpha value is -2.93. The van der Waals surface area contributed by atoms with Gasteiger partial charge in [0.15, 0.2) is 17.3 Å². The van der Waals surface area contributed by atoms with Crippen LogP contribution < -0.4 is 9.47 Å². The van der Waals surface area contributed by atoms with Crippen LogP contribution in [0.15, 0.2) is 42.7 Å². The van der Waals surface area contributed by atoms with Crippen LogP contribution in [-0.4, -0.2) is 72.4 Å². The van der Waals surface area contributed by atoms with Gasteiger partial charge in [-0.15, -0.1) is 0 Å². The van der Waals surface area contributed by atoms with Crippen LogP contribution in [0.5, 0.6) is 11.5 Å². The molecule has 0 N–H and O–H groups in total. The van der Waals surface area contributed by atoms with Crippen molar-refractivity contribution < 1.29 is 19.1 Å². The van der Waals surface area contributed by atoms with Crippen LogP contribution in [0, 0.1) is 0 Å². The van der Waals surface area contributed by atoms with E-state index in [0.717, 1.165) is 0 Å². The number of amides is 1. The Morgan fingerprint density at radius 1 is 0.963 bits per heavy atom. The molecule has 0 atom stereocenters. The number of rotatable bonds is 4. The molecule has 1 fully saturated rings. The summed E-state index contributed by atoms with van der Waals surface area (Å²) in [7, 11) is 0. The summed E-state index contributed by atoms with van der Waals surface area (Å²) in [6.45, 7) is 3.89. The Labute approximate surface area is 157 Å². The number of benzene rings is 1. The third-order valence-electron chi connectivity index (χ3n) is 4.80. The van der Waals surface area contributed by atoms with Gasteiger partial charge in [-0.3, -0.25) is 19.5 Å². The summed E-state index contributed by atoms with van der Waals surface area (Å²) in [5, 5.41) is 0. The minimum Gasteiger partial charge on any atom is -0.486 e. The molecule has 3 heterocycles. The molecule has 0 aliphatic carbocycles. The number of nitrogens with zero attached hydrogens (tertiary/aromatic N) is 3. The first-order chi connectivity index (χ1) is 13.2. The van der Waals surface area contributed by atoms with Crippen molar-refractivity contribution in [3.63, 3.8) is 0 Å². The molecule has 0 unspecified atom stereocenters. The monoisotopic (exact) mass is 367 g/mol. The number of piperazine rings is 1.